The lowest BCUT2D eigenvalue weighted by molar-refractivity contribution is 0.101. The van der Waals surface area contributed by atoms with Crippen LogP contribution in [0, 0.1) is 5.82 Å². The van der Waals surface area contributed by atoms with E-state index in [1.54, 1.807) is 23.9 Å². The van der Waals surface area contributed by atoms with Gasteiger partial charge in [0, 0.05) is 29.6 Å². The molecule has 4 rings (SSSR count). The number of anilines is 1. The molecule has 1 aromatic carbocycles. The number of hydrogen-bond acceptors (Lipinski definition) is 6. The highest BCUT2D eigenvalue weighted by atomic mass is 32.2. The Hall–Kier alpha value is -2.61. The number of fused-ring (bicyclic) bond motifs is 2. The van der Waals surface area contributed by atoms with Crippen molar-refractivity contribution in [3.8, 4) is 5.75 Å². The van der Waals surface area contributed by atoms with Crippen LogP contribution in [0.4, 0.5) is 10.1 Å². The number of amidine groups is 1. The van der Waals surface area contributed by atoms with Crippen molar-refractivity contribution in [1.82, 2.24) is 4.98 Å². The van der Waals surface area contributed by atoms with Crippen molar-refractivity contribution in [2.75, 3.05) is 17.7 Å². The topological polar surface area (TPSA) is 89.6 Å². The lowest BCUT2D eigenvalue weighted by Gasteiger charge is -2.38. The van der Waals surface area contributed by atoms with Crippen LogP contribution in [0.2, 0.25) is 0 Å². The van der Waals surface area contributed by atoms with Gasteiger partial charge in [-0.3, -0.25) is 9.79 Å². The molecule has 3 N–H and O–H groups in total. The highest BCUT2D eigenvalue weighted by Crippen LogP contribution is 2.46. The molecule has 0 saturated heterocycles. The molecule has 6 nitrogen and oxygen atoms in total. The van der Waals surface area contributed by atoms with Crippen LogP contribution in [0.15, 0.2) is 41.5 Å². The second kappa shape index (κ2) is 6.60. The van der Waals surface area contributed by atoms with Gasteiger partial charge in [-0.15, -0.1) is 0 Å². The number of carbonyl (C=O) groups excluding carboxylic acids is 1. The fourth-order valence-electron chi connectivity index (χ4n) is 3.30. The van der Waals surface area contributed by atoms with Gasteiger partial charge in [-0.1, -0.05) is 11.8 Å². The van der Waals surface area contributed by atoms with Gasteiger partial charge in [0.1, 0.15) is 5.75 Å². The molecule has 0 aliphatic carbocycles. The molecular weight excluding hydrogens is 355 g/mol. The van der Waals surface area contributed by atoms with Gasteiger partial charge in [-0.05, 0) is 36.8 Å². The zero-order chi connectivity index (χ0) is 18.1. The predicted molar refractivity (Wildman–Crippen MR) is 99.1 cm³/mol. The normalized spacial score (nSPS) is 21.5. The van der Waals surface area contributed by atoms with E-state index < -0.39 is 17.3 Å². The van der Waals surface area contributed by atoms with E-state index in [0.29, 0.717) is 17.5 Å². The molecule has 134 valence electrons. The average Bonchev–Trinajstić information content (AvgIpc) is 2.63. The first-order valence-electron chi connectivity index (χ1n) is 8.25. The summed E-state index contributed by atoms with van der Waals surface area (Å²) in [5.74, 6) is 0.354. The number of ether oxygens (including phenoxy) is 1. The average molecular weight is 372 g/mol. The first-order chi connectivity index (χ1) is 12.6. The van der Waals surface area contributed by atoms with Crippen molar-refractivity contribution in [3.63, 3.8) is 0 Å². The quantitative estimate of drug-likeness (QED) is 0.846. The third-order valence-electron chi connectivity index (χ3n) is 4.58. The molecule has 8 heteroatoms. The Balaban J connectivity index is 1.67. The molecule has 0 saturated carbocycles. The zero-order valence-electron chi connectivity index (χ0n) is 13.9. The van der Waals surface area contributed by atoms with E-state index in [1.807, 2.05) is 6.07 Å². The van der Waals surface area contributed by atoms with Crippen molar-refractivity contribution in [2.24, 2.45) is 10.7 Å². The number of hydrogen-bond donors (Lipinski definition) is 2. The number of benzene rings is 1. The van der Waals surface area contributed by atoms with Crippen molar-refractivity contribution < 1.29 is 13.9 Å². The van der Waals surface area contributed by atoms with Crippen LogP contribution in [-0.2, 0) is 5.54 Å². The lowest BCUT2D eigenvalue weighted by atomic mass is 9.82. The van der Waals surface area contributed by atoms with Crippen LogP contribution in [0.5, 0.6) is 5.75 Å². The minimum atomic E-state index is -0.663. The van der Waals surface area contributed by atoms with Crippen LogP contribution in [0.1, 0.15) is 28.9 Å². The van der Waals surface area contributed by atoms with E-state index in [9.17, 15) is 9.18 Å². The third kappa shape index (κ3) is 3.01. The highest BCUT2D eigenvalue weighted by Gasteiger charge is 2.39. The van der Waals surface area contributed by atoms with Crippen molar-refractivity contribution in [2.45, 2.75) is 18.4 Å². The van der Waals surface area contributed by atoms with E-state index in [-0.39, 0.29) is 5.69 Å². The number of nitrogens with one attached hydrogen (secondary N) is 1. The zero-order valence-corrected chi connectivity index (χ0v) is 14.7. The number of aromatic nitrogens is 1. The van der Waals surface area contributed by atoms with Crippen LogP contribution in [-0.4, -0.2) is 28.4 Å². The van der Waals surface area contributed by atoms with E-state index >= 15 is 0 Å². The SMILES string of the molecule is NC1=NC2(CCOc3ccc(NC(=O)c4ncccc4F)cc32)CCS1. The molecule has 1 amide bonds. The Morgan fingerprint density at radius 1 is 1.35 bits per heavy atom. The van der Waals surface area contributed by atoms with Crippen molar-refractivity contribution in [1.29, 1.82) is 0 Å². The Bertz CT molecular complexity index is 905. The summed E-state index contributed by atoms with van der Waals surface area (Å²) in [7, 11) is 0. The van der Waals surface area contributed by atoms with Crippen LogP contribution < -0.4 is 15.8 Å². The van der Waals surface area contributed by atoms with Crippen LogP contribution in [0.3, 0.4) is 0 Å². The molecule has 0 bridgehead atoms. The standard InChI is InChI=1S/C18H17FN4O2S/c19-13-2-1-7-21-15(13)16(24)22-11-3-4-14-12(10-11)18(5-8-25-14)6-9-26-17(20)23-18/h1-4,7,10H,5-6,8-9H2,(H2,20,23)(H,22,24). The predicted octanol–water partition coefficient (Wildman–Crippen LogP) is 2.90. The van der Waals surface area contributed by atoms with E-state index in [2.05, 4.69) is 10.3 Å². The maximum Gasteiger partial charge on any atom is 0.277 e. The van der Waals surface area contributed by atoms with Gasteiger partial charge < -0.3 is 15.8 Å². The Labute approximate surface area is 154 Å². The fourth-order valence-corrected chi connectivity index (χ4v) is 4.19. The number of carbonyl (C=O) groups is 1. The molecule has 0 radical (unpaired) electrons. The second-order valence-electron chi connectivity index (χ2n) is 6.18. The van der Waals surface area contributed by atoms with Gasteiger partial charge in [-0.2, -0.15) is 0 Å². The number of pyridine rings is 1. The largest absolute Gasteiger partial charge is 0.493 e. The van der Waals surface area contributed by atoms with Gasteiger partial charge in [0.25, 0.3) is 5.91 Å². The first kappa shape index (κ1) is 16.8. The van der Waals surface area contributed by atoms with Gasteiger partial charge >= 0.3 is 0 Å². The summed E-state index contributed by atoms with van der Waals surface area (Å²) in [6, 6.07) is 8.00. The number of nitrogens with two attached hydrogens (primary N) is 1. The fraction of sp³-hybridized carbons (Fsp3) is 0.278. The van der Waals surface area contributed by atoms with Crippen molar-refractivity contribution >= 4 is 28.5 Å². The molecular formula is C18H17FN4O2S. The van der Waals surface area contributed by atoms with Gasteiger partial charge in [0.2, 0.25) is 0 Å². The second-order valence-corrected chi connectivity index (χ2v) is 7.29. The molecule has 26 heavy (non-hydrogen) atoms. The summed E-state index contributed by atoms with van der Waals surface area (Å²) >= 11 is 1.54. The number of nitrogens with zero attached hydrogens (tertiary/aromatic N) is 2. The Morgan fingerprint density at radius 3 is 3.04 bits per heavy atom. The molecule has 1 atom stereocenters. The summed E-state index contributed by atoms with van der Waals surface area (Å²) in [5, 5.41) is 3.26. The van der Waals surface area contributed by atoms with E-state index in [0.717, 1.165) is 29.9 Å². The number of amides is 1. The summed E-state index contributed by atoms with van der Waals surface area (Å²) in [5.41, 5.74) is 6.72. The molecule has 1 aromatic heterocycles. The Morgan fingerprint density at radius 2 is 2.23 bits per heavy atom. The molecule has 0 fully saturated rings. The summed E-state index contributed by atoms with van der Waals surface area (Å²) in [6.45, 7) is 0.569. The highest BCUT2D eigenvalue weighted by molar-refractivity contribution is 8.13. The number of aliphatic imine (C=N–C) groups is 1. The number of halogens is 1. The van der Waals surface area contributed by atoms with Crippen LogP contribution >= 0.6 is 11.8 Å². The maximum atomic E-state index is 13.8. The minimum absolute atomic E-state index is 0.243. The summed E-state index contributed by atoms with van der Waals surface area (Å²) < 4.78 is 19.5. The van der Waals surface area contributed by atoms with Crippen molar-refractivity contribution in [3.05, 3.63) is 53.6 Å². The van der Waals surface area contributed by atoms with Gasteiger partial charge in [-0.25, -0.2) is 9.37 Å². The molecule has 1 spiro atoms. The molecule has 3 heterocycles. The van der Waals surface area contributed by atoms with E-state index in [4.69, 9.17) is 15.5 Å². The summed E-state index contributed by atoms with van der Waals surface area (Å²) in [6.07, 6.45) is 2.96. The Kier molecular flexibility index (Phi) is 4.28. The van der Waals surface area contributed by atoms with Crippen LogP contribution in [0.25, 0.3) is 0 Å². The smallest absolute Gasteiger partial charge is 0.277 e. The number of rotatable bonds is 2. The first-order valence-corrected chi connectivity index (χ1v) is 9.23. The molecule has 2 aliphatic heterocycles. The molecule has 2 aliphatic rings. The van der Waals surface area contributed by atoms with Gasteiger partial charge in [0.15, 0.2) is 16.7 Å². The molecule has 2 aromatic rings. The maximum absolute atomic E-state index is 13.8. The summed E-state index contributed by atoms with van der Waals surface area (Å²) in [4.78, 5) is 20.8. The van der Waals surface area contributed by atoms with E-state index in [1.165, 1.54) is 18.3 Å². The monoisotopic (exact) mass is 372 g/mol. The van der Waals surface area contributed by atoms with Gasteiger partial charge in [0.05, 0.1) is 12.1 Å². The third-order valence-corrected chi connectivity index (χ3v) is 5.37. The minimum Gasteiger partial charge on any atom is -0.493 e. The number of thioether (sulfide) groups is 1. The molecule has 1 unspecified atom stereocenters. The lowest BCUT2D eigenvalue weighted by Crippen LogP contribution is -2.36.